The Bertz CT molecular complexity index is 777. The van der Waals surface area contributed by atoms with E-state index in [4.69, 9.17) is 0 Å². The van der Waals surface area contributed by atoms with Crippen molar-refractivity contribution in [2.24, 2.45) is 0 Å². The maximum absolute atomic E-state index is 11.4. The average Bonchev–Trinajstić information content (AvgIpc) is 2.60. The van der Waals surface area contributed by atoms with Gasteiger partial charge < -0.3 is 10.4 Å². The first kappa shape index (κ1) is 18.7. The number of aryl methyl sites for hydroxylation is 3. The fraction of sp³-hybridized carbons (Fsp3) is 0.435. The van der Waals surface area contributed by atoms with Crippen LogP contribution in [0.1, 0.15) is 48.4 Å². The minimum Gasteiger partial charge on any atom is -0.480 e. The molecule has 2 unspecified atom stereocenters. The summed E-state index contributed by atoms with van der Waals surface area (Å²) < 4.78 is 0. The molecule has 1 aliphatic rings. The lowest BCUT2D eigenvalue weighted by molar-refractivity contribution is -0.139. The van der Waals surface area contributed by atoms with E-state index in [1.807, 2.05) is 6.92 Å². The van der Waals surface area contributed by atoms with E-state index in [0.717, 1.165) is 25.7 Å². The van der Waals surface area contributed by atoms with Crippen molar-refractivity contribution in [2.75, 3.05) is 0 Å². The fourth-order valence-electron chi connectivity index (χ4n) is 4.07. The third-order valence-corrected chi connectivity index (χ3v) is 5.30. The second-order valence-electron chi connectivity index (χ2n) is 7.65. The molecular formula is C23H29NO2. The number of hydrogen-bond donors (Lipinski definition) is 2. The summed E-state index contributed by atoms with van der Waals surface area (Å²) in [5.74, 6) is -0.735. The molecule has 0 saturated heterocycles. The van der Waals surface area contributed by atoms with Gasteiger partial charge in [-0.1, -0.05) is 60.9 Å². The summed E-state index contributed by atoms with van der Waals surface area (Å²) in [5, 5.41) is 12.8. The van der Waals surface area contributed by atoms with Crippen molar-refractivity contribution in [1.29, 1.82) is 0 Å². The number of benzene rings is 2. The second kappa shape index (κ2) is 8.05. The summed E-state index contributed by atoms with van der Waals surface area (Å²) in [6.07, 6.45) is 4.48. The van der Waals surface area contributed by atoms with Crippen LogP contribution in [0.3, 0.4) is 0 Å². The van der Waals surface area contributed by atoms with Crippen LogP contribution in [0, 0.1) is 13.8 Å². The zero-order valence-corrected chi connectivity index (χ0v) is 16.0. The van der Waals surface area contributed by atoms with Gasteiger partial charge in [0.25, 0.3) is 0 Å². The molecule has 0 heterocycles. The molecule has 0 amide bonds. The summed E-state index contributed by atoms with van der Waals surface area (Å²) in [5.41, 5.74) is 7.82. The number of carbonyl (C=O) groups is 1. The standard InChI is InChI=1S/C23H29NO2/c1-4-5-22(23(25)26)24-21-9-8-17-6-7-18(13-20(17)14-21)19-11-15(2)10-16(3)12-19/h6-7,10-13,21-22,24H,4-5,8-9,14H2,1-3H3,(H,25,26). The molecule has 2 aromatic carbocycles. The summed E-state index contributed by atoms with van der Waals surface area (Å²) >= 11 is 0. The first-order valence-corrected chi connectivity index (χ1v) is 9.65. The minimum absolute atomic E-state index is 0.240. The van der Waals surface area contributed by atoms with Gasteiger partial charge in [-0.25, -0.2) is 0 Å². The van der Waals surface area contributed by atoms with Gasteiger partial charge in [0.15, 0.2) is 0 Å². The first-order chi connectivity index (χ1) is 12.5. The van der Waals surface area contributed by atoms with Crippen LogP contribution in [0.5, 0.6) is 0 Å². The highest BCUT2D eigenvalue weighted by Crippen LogP contribution is 2.29. The predicted octanol–water partition coefficient (Wildman–Crippen LogP) is 4.67. The third kappa shape index (κ3) is 4.34. The number of rotatable bonds is 6. The zero-order chi connectivity index (χ0) is 18.7. The van der Waals surface area contributed by atoms with Crippen molar-refractivity contribution in [2.45, 2.75) is 65.0 Å². The molecule has 0 fully saturated rings. The molecule has 0 aromatic heterocycles. The highest BCUT2D eigenvalue weighted by atomic mass is 16.4. The van der Waals surface area contributed by atoms with Crippen LogP contribution in [0.15, 0.2) is 36.4 Å². The largest absolute Gasteiger partial charge is 0.480 e. The van der Waals surface area contributed by atoms with Crippen molar-refractivity contribution in [3.8, 4) is 11.1 Å². The molecule has 0 spiro atoms. The SMILES string of the molecule is CCCC(NC1CCc2ccc(-c3cc(C)cc(C)c3)cc2C1)C(=O)O. The van der Waals surface area contributed by atoms with Gasteiger partial charge >= 0.3 is 5.97 Å². The molecular weight excluding hydrogens is 322 g/mol. The van der Waals surface area contributed by atoms with Crippen LogP contribution >= 0.6 is 0 Å². The van der Waals surface area contributed by atoms with Crippen LogP contribution in [-0.2, 0) is 17.6 Å². The van der Waals surface area contributed by atoms with Crippen molar-refractivity contribution in [3.05, 3.63) is 58.7 Å². The van der Waals surface area contributed by atoms with Crippen molar-refractivity contribution in [3.63, 3.8) is 0 Å². The Balaban J connectivity index is 1.80. The number of carboxylic acids is 1. The van der Waals surface area contributed by atoms with Gasteiger partial charge in [0, 0.05) is 6.04 Å². The van der Waals surface area contributed by atoms with Crippen LogP contribution in [0.2, 0.25) is 0 Å². The van der Waals surface area contributed by atoms with Gasteiger partial charge in [-0.05, 0) is 61.8 Å². The lowest BCUT2D eigenvalue weighted by Crippen LogP contribution is -2.45. The van der Waals surface area contributed by atoms with E-state index >= 15 is 0 Å². The van der Waals surface area contributed by atoms with Gasteiger partial charge in [0.05, 0.1) is 0 Å². The number of carboxylic acid groups (broad SMARTS) is 1. The molecule has 2 atom stereocenters. The summed E-state index contributed by atoms with van der Waals surface area (Å²) in [6, 6.07) is 13.2. The topological polar surface area (TPSA) is 49.3 Å². The Morgan fingerprint density at radius 3 is 2.50 bits per heavy atom. The first-order valence-electron chi connectivity index (χ1n) is 9.65. The van der Waals surface area contributed by atoms with Gasteiger partial charge in [0.2, 0.25) is 0 Å². The average molecular weight is 351 g/mol. The van der Waals surface area contributed by atoms with E-state index in [-0.39, 0.29) is 6.04 Å². The Morgan fingerprint density at radius 2 is 1.85 bits per heavy atom. The molecule has 2 aromatic rings. The predicted molar refractivity (Wildman–Crippen MR) is 107 cm³/mol. The van der Waals surface area contributed by atoms with Crippen LogP contribution in [0.4, 0.5) is 0 Å². The molecule has 2 N–H and O–H groups in total. The molecule has 0 aliphatic heterocycles. The number of nitrogens with one attached hydrogen (secondary N) is 1. The third-order valence-electron chi connectivity index (χ3n) is 5.30. The monoisotopic (exact) mass is 351 g/mol. The maximum atomic E-state index is 11.4. The minimum atomic E-state index is -0.735. The van der Waals surface area contributed by atoms with Crippen LogP contribution in [0.25, 0.3) is 11.1 Å². The Hall–Kier alpha value is -2.13. The zero-order valence-electron chi connectivity index (χ0n) is 16.0. The van der Waals surface area contributed by atoms with E-state index in [1.165, 1.54) is 33.4 Å². The molecule has 3 rings (SSSR count). The lowest BCUT2D eigenvalue weighted by Gasteiger charge is -2.28. The van der Waals surface area contributed by atoms with Crippen molar-refractivity contribution >= 4 is 5.97 Å². The smallest absolute Gasteiger partial charge is 0.320 e. The van der Waals surface area contributed by atoms with Gasteiger partial charge in [-0.2, -0.15) is 0 Å². The lowest BCUT2D eigenvalue weighted by atomic mass is 9.85. The van der Waals surface area contributed by atoms with Gasteiger partial charge in [-0.3, -0.25) is 4.79 Å². The normalized spacial score (nSPS) is 17.6. The Labute approximate surface area is 156 Å². The summed E-state index contributed by atoms with van der Waals surface area (Å²) in [7, 11) is 0. The van der Waals surface area contributed by atoms with Gasteiger partial charge in [-0.15, -0.1) is 0 Å². The Morgan fingerprint density at radius 1 is 1.12 bits per heavy atom. The summed E-state index contributed by atoms with van der Waals surface area (Å²) in [4.78, 5) is 11.4. The molecule has 0 saturated carbocycles. The van der Waals surface area contributed by atoms with Crippen LogP contribution in [-0.4, -0.2) is 23.2 Å². The van der Waals surface area contributed by atoms with Crippen molar-refractivity contribution < 1.29 is 9.90 Å². The van der Waals surface area contributed by atoms with Crippen molar-refractivity contribution in [1.82, 2.24) is 5.32 Å². The number of aliphatic carboxylic acids is 1. The fourth-order valence-corrected chi connectivity index (χ4v) is 4.07. The highest BCUT2D eigenvalue weighted by Gasteiger charge is 2.24. The Kier molecular flexibility index (Phi) is 5.77. The number of hydrogen-bond acceptors (Lipinski definition) is 2. The quantitative estimate of drug-likeness (QED) is 0.795. The van der Waals surface area contributed by atoms with Crippen LogP contribution < -0.4 is 5.32 Å². The maximum Gasteiger partial charge on any atom is 0.320 e. The second-order valence-corrected chi connectivity index (χ2v) is 7.65. The molecule has 3 heteroatoms. The van der Waals surface area contributed by atoms with Gasteiger partial charge in [0.1, 0.15) is 6.04 Å². The molecule has 26 heavy (non-hydrogen) atoms. The molecule has 0 bridgehead atoms. The molecule has 1 aliphatic carbocycles. The summed E-state index contributed by atoms with van der Waals surface area (Å²) in [6.45, 7) is 6.30. The van der Waals surface area contributed by atoms with E-state index < -0.39 is 12.0 Å². The molecule has 0 radical (unpaired) electrons. The molecule has 3 nitrogen and oxygen atoms in total. The van der Waals surface area contributed by atoms with E-state index in [9.17, 15) is 9.90 Å². The number of fused-ring (bicyclic) bond motifs is 1. The van der Waals surface area contributed by atoms with E-state index in [2.05, 4.69) is 55.6 Å². The van der Waals surface area contributed by atoms with E-state index in [0.29, 0.717) is 6.42 Å². The highest BCUT2D eigenvalue weighted by molar-refractivity contribution is 5.73. The van der Waals surface area contributed by atoms with E-state index in [1.54, 1.807) is 0 Å². The molecule has 138 valence electrons.